The highest BCUT2D eigenvalue weighted by Crippen LogP contribution is 2.37. The lowest BCUT2D eigenvalue weighted by molar-refractivity contribution is 0.481. The average molecular weight is 356 g/mol. The molecule has 0 heterocycles. The van der Waals surface area contributed by atoms with E-state index in [9.17, 15) is 5.11 Å². The van der Waals surface area contributed by atoms with Crippen LogP contribution in [-0.2, 0) is 0 Å². The largest absolute Gasteiger partial charge is 0.507 e. The molecule has 0 aliphatic heterocycles. The maximum absolute atomic E-state index is 9.92. The normalized spacial score (nSPS) is 10.5. The summed E-state index contributed by atoms with van der Waals surface area (Å²) in [6.45, 7) is 0. The first-order valence-corrected chi connectivity index (χ1v) is 7.88. The lowest BCUT2D eigenvalue weighted by Gasteiger charge is -2.08. The zero-order valence-corrected chi connectivity index (χ0v) is 13.3. The van der Waals surface area contributed by atoms with Crippen LogP contribution in [0.3, 0.4) is 0 Å². The van der Waals surface area contributed by atoms with Gasteiger partial charge in [-0.3, -0.25) is 0 Å². The Morgan fingerprint density at radius 1 is 1.00 bits per heavy atom. The Morgan fingerprint density at radius 3 is 2.48 bits per heavy atom. The van der Waals surface area contributed by atoms with E-state index in [0.717, 1.165) is 25.0 Å². The van der Waals surface area contributed by atoms with E-state index in [1.807, 2.05) is 42.5 Å². The summed E-state index contributed by atoms with van der Waals surface area (Å²) < 4.78 is 0.790. The predicted molar refractivity (Wildman–Crippen MR) is 88.6 cm³/mol. The maximum atomic E-state index is 9.92. The second-order valence-corrected chi connectivity index (χ2v) is 6.45. The molecule has 0 radical (unpaired) electrons. The molecule has 1 N–H and O–H groups in total. The fourth-order valence-electron chi connectivity index (χ4n) is 2.12. The van der Waals surface area contributed by atoms with E-state index in [0.29, 0.717) is 5.56 Å². The van der Waals surface area contributed by atoms with Gasteiger partial charge >= 0.3 is 0 Å². The maximum Gasteiger partial charge on any atom is 0.123 e. The SMILES string of the molecule is N#Cc1ccc(Sc2ccc(O)c3ccccc23)cc1Br. The summed E-state index contributed by atoms with van der Waals surface area (Å²) in [4.78, 5) is 2.11. The van der Waals surface area contributed by atoms with Crippen LogP contribution in [-0.4, -0.2) is 5.11 Å². The highest BCUT2D eigenvalue weighted by molar-refractivity contribution is 9.10. The minimum absolute atomic E-state index is 0.288. The van der Waals surface area contributed by atoms with Crippen molar-refractivity contribution in [1.82, 2.24) is 0 Å². The molecule has 0 amide bonds. The molecule has 102 valence electrons. The highest BCUT2D eigenvalue weighted by atomic mass is 79.9. The number of hydrogen-bond donors (Lipinski definition) is 1. The van der Waals surface area contributed by atoms with Gasteiger partial charge in [-0.25, -0.2) is 0 Å². The van der Waals surface area contributed by atoms with Crippen molar-refractivity contribution in [1.29, 1.82) is 5.26 Å². The van der Waals surface area contributed by atoms with Crippen molar-refractivity contribution >= 4 is 38.5 Å². The molecule has 0 saturated heterocycles. The molecule has 0 fully saturated rings. The van der Waals surface area contributed by atoms with Gasteiger partial charge in [-0.15, -0.1) is 0 Å². The van der Waals surface area contributed by atoms with Crippen LogP contribution >= 0.6 is 27.7 Å². The summed E-state index contributed by atoms with van der Waals surface area (Å²) in [5.74, 6) is 0.288. The number of phenols is 1. The number of aromatic hydroxyl groups is 1. The van der Waals surface area contributed by atoms with Crippen LogP contribution in [0.15, 0.2) is 68.9 Å². The van der Waals surface area contributed by atoms with E-state index in [1.165, 1.54) is 0 Å². The number of hydrogen-bond acceptors (Lipinski definition) is 3. The predicted octanol–water partition coefficient (Wildman–Crippen LogP) is 5.33. The second-order valence-electron chi connectivity index (χ2n) is 4.48. The van der Waals surface area contributed by atoms with E-state index in [-0.39, 0.29) is 5.75 Å². The van der Waals surface area contributed by atoms with Gasteiger partial charge in [0, 0.05) is 19.6 Å². The van der Waals surface area contributed by atoms with E-state index in [4.69, 9.17) is 5.26 Å². The van der Waals surface area contributed by atoms with Crippen LogP contribution in [0.4, 0.5) is 0 Å². The quantitative estimate of drug-likeness (QED) is 0.675. The number of fused-ring (bicyclic) bond motifs is 1. The van der Waals surface area contributed by atoms with Crippen LogP contribution in [0.25, 0.3) is 10.8 Å². The third-order valence-electron chi connectivity index (χ3n) is 3.15. The van der Waals surface area contributed by atoms with Gasteiger partial charge in [0.1, 0.15) is 11.8 Å². The van der Waals surface area contributed by atoms with Gasteiger partial charge in [-0.05, 0) is 51.6 Å². The molecule has 2 nitrogen and oxygen atoms in total. The van der Waals surface area contributed by atoms with Crippen molar-refractivity contribution < 1.29 is 5.11 Å². The topological polar surface area (TPSA) is 44.0 Å². The van der Waals surface area contributed by atoms with Gasteiger partial charge < -0.3 is 5.11 Å². The zero-order chi connectivity index (χ0) is 14.8. The molecular formula is C17H10BrNOS. The van der Waals surface area contributed by atoms with Crippen molar-refractivity contribution in [2.24, 2.45) is 0 Å². The Hall–Kier alpha value is -1.96. The number of benzene rings is 3. The Kier molecular flexibility index (Phi) is 3.87. The summed E-state index contributed by atoms with van der Waals surface area (Å²) in [6, 6.07) is 19.2. The number of halogens is 1. The molecule has 21 heavy (non-hydrogen) atoms. The van der Waals surface area contributed by atoms with Gasteiger partial charge in [0.15, 0.2) is 0 Å². The zero-order valence-electron chi connectivity index (χ0n) is 10.9. The highest BCUT2D eigenvalue weighted by Gasteiger charge is 2.07. The third-order valence-corrected chi connectivity index (χ3v) is 4.87. The molecule has 0 aliphatic carbocycles. The van der Waals surface area contributed by atoms with E-state index >= 15 is 0 Å². The number of nitrogens with zero attached hydrogens (tertiary/aromatic N) is 1. The summed E-state index contributed by atoms with van der Waals surface area (Å²) in [5, 5.41) is 20.7. The number of rotatable bonds is 2. The van der Waals surface area contributed by atoms with Gasteiger partial charge in [0.2, 0.25) is 0 Å². The minimum atomic E-state index is 0.288. The van der Waals surface area contributed by atoms with Gasteiger partial charge in [0.25, 0.3) is 0 Å². The molecular weight excluding hydrogens is 346 g/mol. The summed E-state index contributed by atoms with van der Waals surface area (Å²) in [7, 11) is 0. The summed E-state index contributed by atoms with van der Waals surface area (Å²) in [6.07, 6.45) is 0. The van der Waals surface area contributed by atoms with Crippen LogP contribution in [0.5, 0.6) is 5.75 Å². The fourth-order valence-corrected chi connectivity index (χ4v) is 3.73. The average Bonchev–Trinajstić information content (AvgIpc) is 2.51. The Labute approximate surface area is 135 Å². The van der Waals surface area contributed by atoms with E-state index in [2.05, 4.69) is 22.0 Å². The lowest BCUT2D eigenvalue weighted by Crippen LogP contribution is -1.81. The van der Waals surface area contributed by atoms with Gasteiger partial charge in [-0.1, -0.05) is 36.0 Å². The van der Waals surface area contributed by atoms with Crippen LogP contribution in [0.1, 0.15) is 5.56 Å². The molecule has 0 aliphatic rings. The Morgan fingerprint density at radius 2 is 1.76 bits per heavy atom. The summed E-state index contributed by atoms with van der Waals surface area (Å²) >= 11 is 5.01. The third kappa shape index (κ3) is 2.76. The van der Waals surface area contributed by atoms with Crippen LogP contribution < -0.4 is 0 Å². The molecule has 3 aromatic carbocycles. The summed E-state index contributed by atoms with van der Waals surface area (Å²) in [5.41, 5.74) is 0.620. The van der Waals surface area contributed by atoms with Crippen molar-refractivity contribution in [2.45, 2.75) is 9.79 Å². The first-order chi connectivity index (χ1) is 10.2. The smallest absolute Gasteiger partial charge is 0.123 e. The molecule has 0 saturated carbocycles. The van der Waals surface area contributed by atoms with Gasteiger partial charge in [0.05, 0.1) is 5.56 Å². The minimum Gasteiger partial charge on any atom is -0.507 e. The molecule has 0 unspecified atom stereocenters. The second kappa shape index (κ2) is 5.80. The molecule has 3 aromatic rings. The Balaban J connectivity index is 2.05. The fraction of sp³-hybridized carbons (Fsp3) is 0. The molecule has 0 spiro atoms. The Bertz CT molecular complexity index is 870. The molecule has 0 aromatic heterocycles. The van der Waals surface area contributed by atoms with Crippen molar-refractivity contribution in [2.75, 3.05) is 0 Å². The first-order valence-electron chi connectivity index (χ1n) is 6.27. The molecule has 0 bridgehead atoms. The van der Waals surface area contributed by atoms with Gasteiger partial charge in [-0.2, -0.15) is 5.26 Å². The van der Waals surface area contributed by atoms with Crippen molar-refractivity contribution in [3.05, 3.63) is 64.6 Å². The monoisotopic (exact) mass is 355 g/mol. The lowest BCUT2D eigenvalue weighted by atomic mass is 10.1. The van der Waals surface area contributed by atoms with Crippen molar-refractivity contribution in [3.63, 3.8) is 0 Å². The molecule has 0 atom stereocenters. The number of phenolic OH excluding ortho intramolecular Hbond substituents is 1. The first kappa shape index (κ1) is 14.0. The van der Waals surface area contributed by atoms with E-state index in [1.54, 1.807) is 23.9 Å². The van der Waals surface area contributed by atoms with Crippen molar-refractivity contribution in [3.8, 4) is 11.8 Å². The number of nitriles is 1. The van der Waals surface area contributed by atoms with Crippen LogP contribution in [0, 0.1) is 11.3 Å². The van der Waals surface area contributed by atoms with E-state index < -0.39 is 0 Å². The molecule has 3 rings (SSSR count). The standard InChI is InChI=1S/C17H10BrNOS/c18-15-9-12(6-5-11(15)10-19)21-17-8-7-16(20)13-3-1-2-4-14(13)17/h1-9,20H. The van der Waals surface area contributed by atoms with Crippen LogP contribution in [0.2, 0.25) is 0 Å². The molecule has 4 heteroatoms.